The molecule has 1 unspecified atom stereocenters. The Balaban J connectivity index is 2.33. The number of aromatic carboxylic acids is 1. The summed E-state index contributed by atoms with van der Waals surface area (Å²) in [5, 5.41) is 13.1. The van der Waals surface area contributed by atoms with E-state index in [1.54, 1.807) is 17.4 Å². The van der Waals surface area contributed by atoms with Gasteiger partial charge in [0.2, 0.25) is 0 Å². The van der Waals surface area contributed by atoms with Crippen molar-refractivity contribution in [3.05, 3.63) is 45.2 Å². The lowest BCUT2D eigenvalue weighted by Gasteiger charge is -2.16. The number of nitrogens with one attached hydrogen (secondary N) is 1. The van der Waals surface area contributed by atoms with Gasteiger partial charge in [-0.1, -0.05) is 6.07 Å². The third kappa shape index (κ3) is 2.80. The van der Waals surface area contributed by atoms with Crippen LogP contribution in [0.3, 0.4) is 0 Å². The van der Waals surface area contributed by atoms with Gasteiger partial charge in [0.1, 0.15) is 11.4 Å². The van der Waals surface area contributed by atoms with Gasteiger partial charge in [-0.15, -0.1) is 11.3 Å². The maximum Gasteiger partial charge on any atom is 0.340 e. The first-order valence-corrected chi connectivity index (χ1v) is 6.94. The van der Waals surface area contributed by atoms with Crippen molar-refractivity contribution in [2.75, 3.05) is 5.32 Å². The van der Waals surface area contributed by atoms with E-state index in [1.807, 2.05) is 20.8 Å². The normalized spacial score (nSPS) is 12.2. The van der Waals surface area contributed by atoms with Gasteiger partial charge in [-0.3, -0.25) is 0 Å². The molecule has 0 saturated heterocycles. The van der Waals surface area contributed by atoms with Crippen molar-refractivity contribution in [3.8, 4) is 0 Å². The van der Waals surface area contributed by atoms with Crippen LogP contribution >= 0.6 is 11.3 Å². The molecule has 2 rings (SSSR count). The Morgan fingerprint density at radius 3 is 2.70 bits per heavy atom. The zero-order valence-corrected chi connectivity index (χ0v) is 12.2. The Hall–Kier alpha value is -1.95. The molecule has 2 aromatic rings. The number of hydrogen-bond donors (Lipinski definition) is 2. The molecule has 0 aliphatic carbocycles. The average Bonchev–Trinajstić information content (AvgIpc) is 2.68. The van der Waals surface area contributed by atoms with Crippen LogP contribution < -0.4 is 5.32 Å². The van der Waals surface area contributed by atoms with Crippen LogP contribution in [-0.4, -0.2) is 16.1 Å². The molecule has 1 aromatic carbocycles. The summed E-state index contributed by atoms with van der Waals surface area (Å²) in [5.41, 5.74) is 0.842. The molecule has 1 aromatic heterocycles. The molecule has 0 spiro atoms. The first kappa shape index (κ1) is 14.5. The molecule has 2 N–H and O–H groups in total. The molecular weight excluding hydrogens is 279 g/mol. The number of carbonyl (C=O) groups is 1. The minimum absolute atomic E-state index is 0.138. The van der Waals surface area contributed by atoms with Gasteiger partial charge >= 0.3 is 5.97 Å². The molecule has 6 heteroatoms. The Morgan fingerprint density at radius 1 is 1.45 bits per heavy atom. The van der Waals surface area contributed by atoms with Crippen LogP contribution in [0.2, 0.25) is 0 Å². The van der Waals surface area contributed by atoms with Gasteiger partial charge in [-0.2, -0.15) is 0 Å². The van der Waals surface area contributed by atoms with Crippen molar-refractivity contribution >= 4 is 23.0 Å². The molecule has 20 heavy (non-hydrogen) atoms. The van der Waals surface area contributed by atoms with Gasteiger partial charge in [-0.05, 0) is 32.9 Å². The summed E-state index contributed by atoms with van der Waals surface area (Å²) in [7, 11) is 0. The van der Waals surface area contributed by atoms with E-state index in [1.165, 1.54) is 6.07 Å². The second kappa shape index (κ2) is 5.58. The van der Waals surface area contributed by atoms with Crippen LogP contribution in [0.5, 0.6) is 0 Å². The van der Waals surface area contributed by atoms with Gasteiger partial charge in [-0.25, -0.2) is 14.2 Å². The summed E-state index contributed by atoms with van der Waals surface area (Å²) < 4.78 is 13.6. The second-order valence-electron chi connectivity index (χ2n) is 4.52. The Labute approximate surface area is 120 Å². The van der Waals surface area contributed by atoms with E-state index in [9.17, 15) is 9.18 Å². The topological polar surface area (TPSA) is 62.2 Å². The number of aryl methyl sites for hydroxylation is 2. The quantitative estimate of drug-likeness (QED) is 0.901. The molecule has 4 nitrogen and oxygen atoms in total. The SMILES string of the molecule is Cc1nc(C)c(C(C)Nc2cccc(F)c2C(=O)O)s1. The van der Waals surface area contributed by atoms with Crippen LogP contribution in [0, 0.1) is 19.7 Å². The first-order valence-electron chi connectivity index (χ1n) is 6.12. The Bertz CT molecular complexity index is 655. The molecule has 0 radical (unpaired) electrons. The maximum atomic E-state index is 13.6. The lowest BCUT2D eigenvalue weighted by Crippen LogP contribution is -2.12. The zero-order valence-electron chi connectivity index (χ0n) is 11.4. The molecule has 0 aliphatic heterocycles. The van der Waals surface area contributed by atoms with Gasteiger partial charge in [0.25, 0.3) is 0 Å². The third-order valence-electron chi connectivity index (χ3n) is 2.93. The molecule has 0 fully saturated rings. The van der Waals surface area contributed by atoms with Crippen molar-refractivity contribution in [1.82, 2.24) is 4.98 Å². The van der Waals surface area contributed by atoms with Crippen LogP contribution in [0.4, 0.5) is 10.1 Å². The standard InChI is InChI=1S/C14H15FN2O2S/c1-7-13(20-9(3)16-7)8(2)17-11-6-4-5-10(15)12(11)14(18)19/h4-6,8,17H,1-3H3,(H,18,19). The molecular formula is C14H15FN2O2S. The lowest BCUT2D eigenvalue weighted by molar-refractivity contribution is 0.0693. The van der Waals surface area contributed by atoms with Crippen molar-refractivity contribution in [3.63, 3.8) is 0 Å². The van der Waals surface area contributed by atoms with E-state index >= 15 is 0 Å². The van der Waals surface area contributed by atoms with Gasteiger partial charge < -0.3 is 10.4 Å². The number of rotatable bonds is 4. The van der Waals surface area contributed by atoms with Crippen LogP contribution in [0.25, 0.3) is 0 Å². The van der Waals surface area contributed by atoms with Crippen LogP contribution in [0.15, 0.2) is 18.2 Å². The highest BCUT2D eigenvalue weighted by molar-refractivity contribution is 7.11. The molecule has 0 bridgehead atoms. The summed E-state index contributed by atoms with van der Waals surface area (Å²) in [6, 6.07) is 4.05. The van der Waals surface area contributed by atoms with E-state index in [0.29, 0.717) is 0 Å². The summed E-state index contributed by atoms with van der Waals surface area (Å²) in [6.45, 7) is 5.72. The van der Waals surface area contributed by atoms with Crippen LogP contribution in [-0.2, 0) is 0 Å². The smallest absolute Gasteiger partial charge is 0.340 e. The molecule has 106 valence electrons. The summed E-state index contributed by atoms with van der Waals surface area (Å²) >= 11 is 1.55. The van der Waals surface area contributed by atoms with E-state index in [-0.39, 0.29) is 17.3 Å². The summed E-state index contributed by atoms with van der Waals surface area (Å²) in [6.07, 6.45) is 0. The van der Waals surface area contributed by atoms with E-state index in [0.717, 1.165) is 21.6 Å². The van der Waals surface area contributed by atoms with Crippen molar-refractivity contribution in [2.24, 2.45) is 0 Å². The fourth-order valence-corrected chi connectivity index (χ4v) is 3.04. The van der Waals surface area contributed by atoms with Gasteiger partial charge in [0.05, 0.1) is 22.4 Å². The average molecular weight is 294 g/mol. The van der Waals surface area contributed by atoms with Crippen molar-refractivity contribution < 1.29 is 14.3 Å². The minimum Gasteiger partial charge on any atom is -0.478 e. The van der Waals surface area contributed by atoms with Gasteiger partial charge in [0, 0.05) is 4.88 Å². The molecule has 1 atom stereocenters. The number of aromatic nitrogens is 1. The number of thiazole rings is 1. The molecule has 0 amide bonds. The minimum atomic E-state index is -1.28. The second-order valence-corrected chi connectivity index (χ2v) is 5.75. The maximum absolute atomic E-state index is 13.6. The first-order chi connectivity index (χ1) is 9.40. The van der Waals surface area contributed by atoms with E-state index in [4.69, 9.17) is 5.11 Å². The van der Waals surface area contributed by atoms with Crippen molar-refractivity contribution in [2.45, 2.75) is 26.8 Å². The monoisotopic (exact) mass is 294 g/mol. The van der Waals surface area contributed by atoms with Crippen molar-refractivity contribution in [1.29, 1.82) is 0 Å². The highest BCUT2D eigenvalue weighted by atomic mass is 32.1. The van der Waals surface area contributed by atoms with E-state index < -0.39 is 11.8 Å². The number of anilines is 1. The highest BCUT2D eigenvalue weighted by Gasteiger charge is 2.19. The van der Waals surface area contributed by atoms with Gasteiger partial charge in [0.15, 0.2) is 0 Å². The Kier molecular flexibility index (Phi) is 4.04. The number of hydrogen-bond acceptors (Lipinski definition) is 4. The van der Waals surface area contributed by atoms with E-state index in [2.05, 4.69) is 10.3 Å². The summed E-state index contributed by atoms with van der Waals surface area (Å²) in [5.74, 6) is -2.03. The lowest BCUT2D eigenvalue weighted by atomic mass is 10.1. The molecule has 1 heterocycles. The number of halogens is 1. The molecule has 0 saturated carbocycles. The fraction of sp³-hybridized carbons (Fsp3) is 0.286. The van der Waals surface area contributed by atoms with Crippen LogP contribution in [0.1, 0.15) is 38.9 Å². The predicted molar refractivity (Wildman–Crippen MR) is 77.0 cm³/mol. The zero-order chi connectivity index (χ0) is 14.9. The molecule has 0 aliphatic rings. The number of nitrogens with zero attached hydrogens (tertiary/aromatic N) is 1. The Morgan fingerprint density at radius 2 is 2.15 bits per heavy atom. The number of carboxylic acids is 1. The predicted octanol–water partition coefficient (Wildman–Crippen LogP) is 3.77. The number of benzene rings is 1. The largest absolute Gasteiger partial charge is 0.478 e. The summed E-state index contributed by atoms with van der Waals surface area (Å²) in [4.78, 5) is 16.5. The fourth-order valence-electron chi connectivity index (χ4n) is 2.11. The third-order valence-corrected chi connectivity index (χ3v) is 4.19. The number of carboxylic acid groups (broad SMARTS) is 1. The highest BCUT2D eigenvalue weighted by Crippen LogP contribution is 2.29.